The molecule has 0 bridgehead atoms. The van der Waals surface area contributed by atoms with E-state index in [1.54, 1.807) is 6.20 Å². The summed E-state index contributed by atoms with van der Waals surface area (Å²) in [5.74, 6) is -3.34. The number of carboxylic acid groups (broad SMARTS) is 1. The number of hydrogen-bond acceptors (Lipinski definition) is 8. The number of aliphatic imine (C=N–C) groups is 2. The topological polar surface area (TPSA) is 321 Å². The zero-order valence-corrected chi connectivity index (χ0v) is 25.9. The summed E-state index contributed by atoms with van der Waals surface area (Å²) >= 11 is 0. The molecular formula is C29H48N12O5. The van der Waals surface area contributed by atoms with Gasteiger partial charge in [-0.15, -0.1) is 0 Å². The Kier molecular flexibility index (Phi) is 15.8. The number of nitrogens with two attached hydrogens (primary N) is 6. The SMILES string of the molecule is NCCCC[C@H](NC(=O)[C@H](Cc1c[nH]c2ccccc12)NC(=O)[C@@H](N)CCCN=C(N)N)C(=O)N[C@@H](CCCN=C(N)N)C(=O)O. The van der Waals surface area contributed by atoms with Crippen molar-refractivity contribution < 1.29 is 24.3 Å². The van der Waals surface area contributed by atoms with Crippen molar-refractivity contribution in [3.63, 3.8) is 0 Å². The molecule has 2 aromatic rings. The van der Waals surface area contributed by atoms with Gasteiger partial charge in [-0.3, -0.25) is 24.4 Å². The van der Waals surface area contributed by atoms with Crippen LogP contribution in [0.2, 0.25) is 0 Å². The summed E-state index contributed by atoms with van der Waals surface area (Å²) in [5.41, 5.74) is 34.7. The number of amides is 3. The maximum absolute atomic E-state index is 13.8. The highest BCUT2D eigenvalue weighted by Gasteiger charge is 2.30. The number of unbranched alkanes of at least 4 members (excludes halogenated alkanes) is 1. The molecule has 17 nitrogen and oxygen atoms in total. The van der Waals surface area contributed by atoms with E-state index in [-0.39, 0.29) is 50.7 Å². The summed E-state index contributed by atoms with van der Waals surface area (Å²) in [6.07, 6.45) is 4.13. The van der Waals surface area contributed by atoms with Crippen molar-refractivity contribution in [1.82, 2.24) is 20.9 Å². The number of aliphatic carboxylic acids is 1. The molecule has 0 fully saturated rings. The molecule has 1 aromatic carbocycles. The number of nitrogens with one attached hydrogen (secondary N) is 4. The molecule has 0 spiro atoms. The van der Waals surface area contributed by atoms with Crippen LogP contribution in [0.15, 0.2) is 40.4 Å². The summed E-state index contributed by atoms with van der Waals surface area (Å²) < 4.78 is 0. The average Bonchev–Trinajstić information content (AvgIpc) is 3.41. The lowest BCUT2D eigenvalue weighted by Crippen LogP contribution is -2.57. The Labute approximate surface area is 267 Å². The second-order valence-corrected chi connectivity index (χ2v) is 10.9. The van der Waals surface area contributed by atoms with Crippen molar-refractivity contribution >= 4 is 46.5 Å². The monoisotopic (exact) mass is 644 g/mol. The zero-order chi connectivity index (χ0) is 34.1. The van der Waals surface area contributed by atoms with Crippen molar-refractivity contribution in [3.05, 3.63) is 36.0 Å². The van der Waals surface area contributed by atoms with Gasteiger partial charge in [0.05, 0.1) is 6.04 Å². The van der Waals surface area contributed by atoms with Gasteiger partial charge in [0, 0.05) is 36.6 Å². The predicted octanol–water partition coefficient (Wildman–Crippen LogP) is -2.19. The van der Waals surface area contributed by atoms with Gasteiger partial charge >= 0.3 is 5.97 Å². The number of benzene rings is 1. The number of carboxylic acids is 1. The van der Waals surface area contributed by atoms with E-state index in [1.807, 2.05) is 24.3 Å². The number of carbonyl (C=O) groups is 4. The molecule has 0 radical (unpaired) electrons. The van der Waals surface area contributed by atoms with Gasteiger partial charge in [0.15, 0.2) is 11.9 Å². The number of fused-ring (bicyclic) bond motifs is 1. The molecule has 2 rings (SSSR count). The van der Waals surface area contributed by atoms with Crippen molar-refractivity contribution in [3.8, 4) is 0 Å². The Morgan fingerprint density at radius 3 is 1.96 bits per heavy atom. The van der Waals surface area contributed by atoms with E-state index in [9.17, 15) is 24.3 Å². The first kappa shape index (κ1) is 37.3. The van der Waals surface area contributed by atoms with Gasteiger partial charge in [-0.25, -0.2) is 4.79 Å². The third-order valence-corrected chi connectivity index (χ3v) is 7.18. The average molecular weight is 645 g/mol. The molecular weight excluding hydrogens is 596 g/mol. The van der Waals surface area contributed by atoms with Crippen LogP contribution in [0.25, 0.3) is 10.9 Å². The van der Waals surface area contributed by atoms with Gasteiger partial charge < -0.3 is 60.4 Å². The second kappa shape index (κ2) is 19.5. The fourth-order valence-corrected chi connectivity index (χ4v) is 4.73. The van der Waals surface area contributed by atoms with Gasteiger partial charge in [0.1, 0.15) is 18.1 Å². The highest BCUT2D eigenvalue weighted by atomic mass is 16.4. The lowest BCUT2D eigenvalue weighted by atomic mass is 10.0. The van der Waals surface area contributed by atoms with Crippen molar-refractivity contribution in [2.24, 2.45) is 44.4 Å². The maximum Gasteiger partial charge on any atom is 0.326 e. The molecule has 1 heterocycles. The molecule has 0 saturated carbocycles. The lowest BCUT2D eigenvalue weighted by Gasteiger charge is -2.25. The molecule has 1 aromatic heterocycles. The molecule has 3 amide bonds. The van der Waals surface area contributed by atoms with Crippen LogP contribution in [-0.4, -0.2) is 89.5 Å². The third kappa shape index (κ3) is 13.0. The molecule has 17 N–H and O–H groups in total. The van der Waals surface area contributed by atoms with Crippen LogP contribution >= 0.6 is 0 Å². The van der Waals surface area contributed by atoms with Crippen molar-refractivity contribution in [2.75, 3.05) is 19.6 Å². The second-order valence-electron chi connectivity index (χ2n) is 10.9. The van der Waals surface area contributed by atoms with Crippen molar-refractivity contribution in [1.29, 1.82) is 0 Å². The molecule has 0 unspecified atom stereocenters. The Bertz CT molecular complexity index is 1350. The Hall–Kier alpha value is -4.90. The summed E-state index contributed by atoms with van der Waals surface area (Å²) in [4.78, 5) is 62.9. The highest BCUT2D eigenvalue weighted by Crippen LogP contribution is 2.19. The number of rotatable bonds is 21. The van der Waals surface area contributed by atoms with Gasteiger partial charge in [0.2, 0.25) is 17.7 Å². The van der Waals surface area contributed by atoms with Crippen LogP contribution in [0.4, 0.5) is 0 Å². The Balaban J connectivity index is 2.24. The smallest absolute Gasteiger partial charge is 0.326 e. The third-order valence-electron chi connectivity index (χ3n) is 7.18. The number of para-hydroxylation sites is 1. The molecule has 0 aliphatic heterocycles. The maximum atomic E-state index is 13.8. The number of aromatic nitrogens is 1. The standard InChI is InChI=1S/C29H48N12O5/c30-12-4-3-10-21(25(43)40-22(27(45)46)11-6-14-37-29(34)35)39-26(44)23(15-17-16-38-20-9-2-1-7-18(17)20)41-24(42)19(31)8-5-13-36-28(32)33/h1-2,7,9,16,19,21-23,38H,3-6,8,10-15,30-31H2,(H,39,44)(H,40,43)(H,41,42)(H,45,46)(H4,32,33,36)(H4,34,35,37)/t19-,21-,22-,23-/m0/s1. The largest absolute Gasteiger partial charge is 0.480 e. The fourth-order valence-electron chi connectivity index (χ4n) is 4.73. The van der Waals surface area contributed by atoms with Gasteiger partial charge in [-0.1, -0.05) is 18.2 Å². The summed E-state index contributed by atoms with van der Waals surface area (Å²) in [5, 5.41) is 18.5. The Morgan fingerprint density at radius 2 is 1.33 bits per heavy atom. The normalized spacial score (nSPS) is 13.5. The predicted molar refractivity (Wildman–Crippen MR) is 176 cm³/mol. The van der Waals surface area contributed by atoms with Crippen LogP contribution < -0.4 is 50.4 Å². The van der Waals surface area contributed by atoms with E-state index in [0.29, 0.717) is 32.2 Å². The lowest BCUT2D eigenvalue weighted by molar-refractivity contribution is -0.142. The summed E-state index contributed by atoms with van der Waals surface area (Å²) in [6, 6.07) is 3.08. The molecule has 4 atom stereocenters. The van der Waals surface area contributed by atoms with Crippen LogP contribution in [0.1, 0.15) is 50.5 Å². The highest BCUT2D eigenvalue weighted by molar-refractivity contribution is 5.95. The minimum absolute atomic E-state index is 0.0572. The zero-order valence-electron chi connectivity index (χ0n) is 25.9. The first-order valence-corrected chi connectivity index (χ1v) is 15.2. The van der Waals surface area contributed by atoms with Crippen LogP contribution in [0.5, 0.6) is 0 Å². The minimum Gasteiger partial charge on any atom is -0.480 e. The first-order valence-electron chi connectivity index (χ1n) is 15.2. The molecule has 0 saturated heterocycles. The van der Waals surface area contributed by atoms with Crippen LogP contribution in [-0.2, 0) is 25.6 Å². The molecule has 17 heteroatoms. The number of H-pyrrole nitrogens is 1. The number of hydrogen-bond donors (Lipinski definition) is 11. The van der Waals surface area contributed by atoms with E-state index >= 15 is 0 Å². The van der Waals surface area contributed by atoms with Gasteiger partial charge in [-0.05, 0) is 63.1 Å². The van der Waals surface area contributed by atoms with Gasteiger partial charge in [0.25, 0.3) is 0 Å². The molecule has 0 aliphatic rings. The number of guanidine groups is 2. The van der Waals surface area contributed by atoms with E-state index in [2.05, 4.69) is 30.9 Å². The quantitative estimate of drug-likeness (QED) is 0.0394. The molecule has 254 valence electrons. The van der Waals surface area contributed by atoms with Crippen molar-refractivity contribution in [2.45, 2.75) is 75.5 Å². The van der Waals surface area contributed by atoms with E-state index < -0.39 is 47.9 Å². The Morgan fingerprint density at radius 1 is 0.761 bits per heavy atom. The molecule has 46 heavy (non-hydrogen) atoms. The fraction of sp³-hybridized carbons (Fsp3) is 0.517. The number of nitrogens with zero attached hydrogens (tertiary/aromatic N) is 2. The van der Waals surface area contributed by atoms with Crippen LogP contribution in [0, 0.1) is 0 Å². The van der Waals surface area contributed by atoms with E-state index in [4.69, 9.17) is 34.4 Å². The van der Waals surface area contributed by atoms with Crippen LogP contribution in [0.3, 0.4) is 0 Å². The summed E-state index contributed by atoms with van der Waals surface area (Å²) in [6.45, 7) is 0.837. The molecule has 0 aliphatic carbocycles. The number of aromatic amines is 1. The van der Waals surface area contributed by atoms with E-state index in [1.165, 1.54) is 0 Å². The number of carbonyl (C=O) groups excluding carboxylic acids is 3. The van der Waals surface area contributed by atoms with Gasteiger partial charge in [-0.2, -0.15) is 0 Å². The van der Waals surface area contributed by atoms with E-state index in [0.717, 1.165) is 16.5 Å². The summed E-state index contributed by atoms with van der Waals surface area (Å²) in [7, 11) is 0. The minimum atomic E-state index is -1.25. The first-order chi connectivity index (χ1) is 21.9.